The van der Waals surface area contributed by atoms with Crippen molar-refractivity contribution < 1.29 is 38.1 Å². The molecule has 12 heavy (non-hydrogen) atoms. The first-order valence-corrected chi connectivity index (χ1v) is 2.62. The fraction of sp³-hybridized carbons (Fsp3) is 0. The average Bonchev–Trinajstić information content (AvgIpc) is 1.88. The molecule has 0 aliphatic heterocycles. The van der Waals surface area contributed by atoms with Gasteiger partial charge in [0.2, 0.25) is 0 Å². The maximum atomic E-state index is 10.1. The Balaban J connectivity index is 0. The molecule has 0 amide bonds. The molecule has 0 heterocycles. The van der Waals surface area contributed by atoms with Crippen LogP contribution < -0.4 is 5.73 Å². The molecule has 5 nitrogen and oxygen atoms in total. The quantitative estimate of drug-likeness (QED) is 0.314. The Morgan fingerprint density at radius 2 is 2.08 bits per heavy atom. The summed E-state index contributed by atoms with van der Waals surface area (Å²) in [5.41, 5.74) is 8.17. The Bertz CT molecular complexity index is 256. The average molecular weight is 355 g/mol. The monoisotopic (exact) mass is 356 g/mol. The molecule has 0 aromatic heterocycles. The van der Waals surface area contributed by atoms with Crippen LogP contribution in [0.15, 0.2) is 29.7 Å². The number of nitrogens with two attached hydrogens (primary N) is 1. The van der Waals surface area contributed by atoms with Gasteiger partial charge in [-0.25, -0.2) is 0 Å². The molecule has 0 bridgehead atoms. The second kappa shape index (κ2) is 5.94. The fourth-order valence-electron chi connectivity index (χ4n) is 0.542. The van der Waals surface area contributed by atoms with Crippen LogP contribution in [0.3, 0.4) is 0 Å². The van der Waals surface area contributed by atoms with E-state index in [1.807, 2.05) is 0 Å². The molecule has 0 saturated carbocycles. The van der Waals surface area contributed by atoms with Gasteiger partial charge >= 0.3 is 33.7 Å². The maximum absolute atomic E-state index is 10.1. The zero-order valence-electron chi connectivity index (χ0n) is 6.23. The van der Waals surface area contributed by atoms with Crippen LogP contribution in [0.4, 0.5) is 0 Å². The van der Waals surface area contributed by atoms with Crippen molar-refractivity contribution in [2.24, 2.45) is 5.73 Å². The number of nitro groups is 1. The Morgan fingerprint density at radius 3 is 2.42 bits per heavy atom. The summed E-state index contributed by atoms with van der Waals surface area (Å²) in [6, 6.07) is 0.00852. The SMILES string of the molecule is NC1=C=C[C]([N+](=O)[O-])C=C1.[Hg+].[OH-]. The minimum atomic E-state index is -0.490. The van der Waals surface area contributed by atoms with Crippen LogP contribution in [0, 0.1) is 16.2 Å². The predicted octanol–water partition coefficient (Wildman–Crippen LogP) is 0.183. The largest absolute Gasteiger partial charge is 1.00 e. The van der Waals surface area contributed by atoms with E-state index in [0.717, 1.165) is 0 Å². The van der Waals surface area contributed by atoms with Crippen LogP contribution >= 0.6 is 0 Å². The Labute approximate surface area is 89.6 Å². The van der Waals surface area contributed by atoms with E-state index >= 15 is 0 Å². The summed E-state index contributed by atoms with van der Waals surface area (Å²) >= 11 is 0. The van der Waals surface area contributed by atoms with Crippen molar-refractivity contribution in [1.82, 2.24) is 0 Å². The molecular formula is C6H6HgN2O3. The van der Waals surface area contributed by atoms with Crippen molar-refractivity contribution in [3.63, 3.8) is 0 Å². The summed E-state index contributed by atoms with van der Waals surface area (Å²) in [6.45, 7) is 0. The molecule has 3 N–H and O–H groups in total. The number of hydrogen-bond donors (Lipinski definition) is 1. The number of nitrogens with zero attached hydrogens (tertiary/aromatic N) is 1. The third-order valence-electron chi connectivity index (χ3n) is 1.03. The van der Waals surface area contributed by atoms with Gasteiger partial charge in [-0.05, 0) is 6.08 Å². The summed E-state index contributed by atoms with van der Waals surface area (Å²) in [5.74, 6) is 0. The van der Waals surface area contributed by atoms with E-state index in [0.29, 0.717) is 5.70 Å². The third-order valence-corrected chi connectivity index (χ3v) is 1.03. The van der Waals surface area contributed by atoms with Crippen molar-refractivity contribution in [3.05, 3.63) is 45.8 Å². The van der Waals surface area contributed by atoms with Gasteiger partial charge in [0.05, 0.1) is 5.70 Å². The van der Waals surface area contributed by atoms with Crippen LogP contribution in [0.1, 0.15) is 0 Å². The molecule has 1 rings (SSSR count). The smallest absolute Gasteiger partial charge is 0.870 e. The van der Waals surface area contributed by atoms with E-state index in [-0.39, 0.29) is 39.2 Å². The molecule has 0 fully saturated rings. The van der Waals surface area contributed by atoms with Crippen LogP contribution in [-0.2, 0) is 27.7 Å². The molecule has 2 radical (unpaired) electrons. The van der Waals surface area contributed by atoms with Crippen molar-refractivity contribution >= 4 is 0 Å². The minimum absolute atomic E-state index is 0. The summed E-state index contributed by atoms with van der Waals surface area (Å²) in [4.78, 5) is 9.57. The predicted molar refractivity (Wildman–Crippen MR) is 37.1 cm³/mol. The van der Waals surface area contributed by atoms with E-state index in [4.69, 9.17) is 5.73 Å². The van der Waals surface area contributed by atoms with Crippen LogP contribution in [-0.4, -0.2) is 10.4 Å². The van der Waals surface area contributed by atoms with Gasteiger partial charge in [-0.2, -0.15) is 0 Å². The van der Waals surface area contributed by atoms with Gasteiger partial charge in [-0.3, -0.25) is 10.1 Å². The summed E-state index contributed by atoms with van der Waals surface area (Å²) in [6.07, 6.45) is 4.03. The van der Waals surface area contributed by atoms with E-state index in [1.54, 1.807) is 0 Å². The van der Waals surface area contributed by atoms with Gasteiger partial charge in [-0.1, -0.05) is 5.73 Å². The molecule has 6 heteroatoms. The first kappa shape index (κ1) is 13.9. The first-order chi connectivity index (χ1) is 4.70. The van der Waals surface area contributed by atoms with Crippen molar-refractivity contribution in [2.75, 3.05) is 0 Å². The molecule has 1 aliphatic carbocycles. The van der Waals surface area contributed by atoms with Gasteiger partial charge in [0.1, 0.15) is 0 Å². The summed E-state index contributed by atoms with van der Waals surface area (Å²) in [5, 5.41) is 10.1. The Hall–Kier alpha value is -0.645. The molecule has 0 atom stereocenters. The normalized spacial score (nSPS) is 14.2. The Kier molecular flexibility index (Phi) is 6.88. The summed E-state index contributed by atoms with van der Waals surface area (Å²) in [7, 11) is 0. The van der Waals surface area contributed by atoms with E-state index < -0.39 is 4.92 Å². The van der Waals surface area contributed by atoms with Crippen molar-refractivity contribution in [3.8, 4) is 0 Å². The van der Waals surface area contributed by atoms with Gasteiger partial charge in [0.25, 0.3) is 0 Å². The van der Waals surface area contributed by atoms with Crippen LogP contribution in [0.25, 0.3) is 0 Å². The topological polar surface area (TPSA) is 99.2 Å². The second-order valence-corrected chi connectivity index (χ2v) is 1.76. The molecule has 1 aliphatic rings. The molecule has 0 aromatic carbocycles. The molecule has 60 valence electrons. The molecule has 0 unspecified atom stereocenters. The maximum Gasteiger partial charge on any atom is 1.00 e. The van der Waals surface area contributed by atoms with Gasteiger partial charge < -0.3 is 11.2 Å². The van der Waals surface area contributed by atoms with Gasteiger partial charge in [0.15, 0.2) is 0 Å². The van der Waals surface area contributed by atoms with E-state index in [1.165, 1.54) is 18.2 Å². The van der Waals surface area contributed by atoms with Gasteiger partial charge in [-0.15, -0.1) is 0 Å². The first-order valence-electron chi connectivity index (χ1n) is 2.62. The molecule has 0 aromatic rings. The number of hydrogen-bond acceptors (Lipinski definition) is 4. The van der Waals surface area contributed by atoms with Crippen molar-refractivity contribution in [2.45, 2.75) is 0 Å². The molecular weight excluding hydrogens is 349 g/mol. The Morgan fingerprint density at radius 1 is 1.50 bits per heavy atom. The third kappa shape index (κ3) is 3.66. The molecule has 0 saturated heterocycles. The zero-order valence-corrected chi connectivity index (χ0v) is 11.7. The second-order valence-electron chi connectivity index (χ2n) is 1.76. The van der Waals surface area contributed by atoms with Crippen LogP contribution in [0.5, 0.6) is 0 Å². The fourth-order valence-corrected chi connectivity index (χ4v) is 0.542. The summed E-state index contributed by atoms with van der Waals surface area (Å²) < 4.78 is 0. The molecule has 0 spiro atoms. The van der Waals surface area contributed by atoms with Crippen LogP contribution in [0.2, 0.25) is 0 Å². The number of rotatable bonds is 1. The zero-order chi connectivity index (χ0) is 7.56. The van der Waals surface area contributed by atoms with Crippen molar-refractivity contribution in [1.29, 1.82) is 0 Å². The van der Waals surface area contributed by atoms with E-state index in [2.05, 4.69) is 5.73 Å². The van der Waals surface area contributed by atoms with Gasteiger partial charge in [0, 0.05) is 17.1 Å². The minimum Gasteiger partial charge on any atom is -0.870 e. The standard InChI is InChI=1S/C6H5N2O2.Hg.H2O/c7-5-1-3-6(4-2-5)8(9)10;;/h1,3-4H,7H2;;1H2/q;+1;/p-1. The van der Waals surface area contributed by atoms with E-state index in [9.17, 15) is 10.1 Å².